The first-order valence-electron chi connectivity index (χ1n) is 6.68. The van der Waals surface area contributed by atoms with Gasteiger partial charge in [0.25, 0.3) is 0 Å². The van der Waals surface area contributed by atoms with Gasteiger partial charge in [-0.15, -0.1) is 0 Å². The average molecular weight is 286 g/mol. The summed E-state index contributed by atoms with van der Waals surface area (Å²) in [4.78, 5) is 0. The molecule has 0 radical (unpaired) electrons. The van der Waals surface area contributed by atoms with Gasteiger partial charge in [0.2, 0.25) is 0 Å². The Balaban J connectivity index is 2.66. The Kier molecular flexibility index (Phi) is 7.21. The van der Waals surface area contributed by atoms with Crippen molar-refractivity contribution < 1.29 is 9.47 Å². The zero-order chi connectivity index (χ0) is 14.3. The van der Waals surface area contributed by atoms with Gasteiger partial charge in [-0.1, -0.05) is 37.6 Å². The second kappa shape index (κ2) is 8.41. The predicted octanol–water partition coefficient (Wildman–Crippen LogP) is 3.50. The van der Waals surface area contributed by atoms with Crippen LogP contribution in [0.15, 0.2) is 18.2 Å². The first-order valence-corrected chi connectivity index (χ1v) is 7.06. The lowest BCUT2D eigenvalue weighted by Gasteiger charge is -2.16. The minimum absolute atomic E-state index is 0.0488. The molecule has 0 saturated carbocycles. The molecule has 108 valence electrons. The van der Waals surface area contributed by atoms with Gasteiger partial charge in [0, 0.05) is 19.2 Å². The second-order valence-electron chi connectivity index (χ2n) is 5.11. The molecule has 0 heterocycles. The Morgan fingerprint density at radius 3 is 2.63 bits per heavy atom. The first-order chi connectivity index (χ1) is 9.04. The van der Waals surface area contributed by atoms with Gasteiger partial charge in [0.1, 0.15) is 12.4 Å². The maximum absolute atomic E-state index is 6.20. The van der Waals surface area contributed by atoms with Crippen LogP contribution in [0.2, 0.25) is 5.02 Å². The molecule has 3 nitrogen and oxygen atoms in total. The van der Waals surface area contributed by atoms with Gasteiger partial charge in [0.05, 0.1) is 11.1 Å². The van der Waals surface area contributed by atoms with Crippen LogP contribution in [0.25, 0.3) is 0 Å². The van der Waals surface area contributed by atoms with Gasteiger partial charge < -0.3 is 14.8 Å². The van der Waals surface area contributed by atoms with E-state index < -0.39 is 0 Å². The highest BCUT2D eigenvalue weighted by Gasteiger charge is 2.10. The molecule has 0 aromatic heterocycles. The van der Waals surface area contributed by atoms with Crippen LogP contribution < -0.4 is 10.1 Å². The highest BCUT2D eigenvalue weighted by molar-refractivity contribution is 6.32. The van der Waals surface area contributed by atoms with Crippen LogP contribution in [0.4, 0.5) is 0 Å². The Morgan fingerprint density at radius 2 is 2.00 bits per heavy atom. The lowest BCUT2D eigenvalue weighted by molar-refractivity contribution is 0.0713. The van der Waals surface area contributed by atoms with E-state index in [2.05, 4.69) is 19.2 Å². The van der Waals surface area contributed by atoms with Crippen molar-refractivity contribution in [3.05, 3.63) is 28.8 Å². The Labute approximate surface area is 121 Å². The first kappa shape index (κ1) is 16.3. The minimum Gasteiger partial charge on any atom is -0.489 e. The van der Waals surface area contributed by atoms with Crippen molar-refractivity contribution in [1.82, 2.24) is 5.32 Å². The SMILES string of the molecule is COC(C)COc1c(Cl)cccc1CNCC(C)C. The normalized spacial score (nSPS) is 12.7. The number of ether oxygens (including phenoxy) is 2. The van der Waals surface area contributed by atoms with Crippen LogP contribution in [0.3, 0.4) is 0 Å². The van der Waals surface area contributed by atoms with Gasteiger partial charge >= 0.3 is 0 Å². The van der Waals surface area contributed by atoms with Crippen LogP contribution in [-0.2, 0) is 11.3 Å². The molecule has 1 N–H and O–H groups in total. The van der Waals surface area contributed by atoms with Gasteiger partial charge in [0.15, 0.2) is 0 Å². The largest absolute Gasteiger partial charge is 0.489 e. The lowest BCUT2D eigenvalue weighted by Crippen LogP contribution is -2.21. The molecule has 1 unspecified atom stereocenters. The minimum atomic E-state index is 0.0488. The van der Waals surface area contributed by atoms with Crippen LogP contribution in [0.1, 0.15) is 26.3 Å². The number of nitrogens with one attached hydrogen (secondary N) is 1. The Bertz CT molecular complexity index is 382. The molecule has 4 heteroatoms. The van der Waals surface area contributed by atoms with Gasteiger partial charge in [-0.05, 0) is 25.5 Å². The van der Waals surface area contributed by atoms with Gasteiger partial charge in [-0.3, -0.25) is 0 Å². The standard InChI is InChI=1S/C15H24ClNO2/c1-11(2)8-17-9-13-6-5-7-14(16)15(13)19-10-12(3)18-4/h5-7,11-12,17H,8-10H2,1-4H3. The molecule has 0 fully saturated rings. The number of halogens is 1. The Hall–Kier alpha value is -0.770. The Morgan fingerprint density at radius 1 is 1.26 bits per heavy atom. The van der Waals surface area contributed by atoms with E-state index in [0.29, 0.717) is 17.5 Å². The number of methoxy groups -OCH3 is 1. The van der Waals surface area contributed by atoms with Crippen molar-refractivity contribution >= 4 is 11.6 Å². The summed E-state index contributed by atoms with van der Waals surface area (Å²) in [6.45, 7) is 8.56. The molecule has 0 amide bonds. The fraction of sp³-hybridized carbons (Fsp3) is 0.600. The van der Waals surface area contributed by atoms with E-state index in [1.165, 1.54) is 0 Å². The third-order valence-corrected chi connectivity index (χ3v) is 3.08. The molecule has 0 aliphatic carbocycles. The summed E-state index contributed by atoms with van der Waals surface area (Å²) < 4.78 is 11.0. The quantitative estimate of drug-likeness (QED) is 0.793. The molecule has 0 aliphatic rings. The van der Waals surface area contributed by atoms with Crippen molar-refractivity contribution in [2.45, 2.75) is 33.4 Å². The summed E-state index contributed by atoms with van der Waals surface area (Å²) in [7, 11) is 1.67. The van der Waals surface area contributed by atoms with Crippen LogP contribution in [0.5, 0.6) is 5.75 Å². The third-order valence-electron chi connectivity index (χ3n) is 2.78. The number of para-hydroxylation sites is 1. The summed E-state index contributed by atoms with van der Waals surface area (Å²) >= 11 is 6.20. The summed E-state index contributed by atoms with van der Waals surface area (Å²) in [5, 5.41) is 4.05. The fourth-order valence-corrected chi connectivity index (χ4v) is 1.87. The van der Waals surface area contributed by atoms with Crippen LogP contribution >= 0.6 is 11.6 Å². The van der Waals surface area contributed by atoms with Crippen molar-refractivity contribution in [1.29, 1.82) is 0 Å². The molecular weight excluding hydrogens is 262 g/mol. The van der Waals surface area contributed by atoms with Crippen molar-refractivity contribution in [3.8, 4) is 5.75 Å². The molecule has 1 atom stereocenters. The van der Waals surface area contributed by atoms with Crippen LogP contribution in [0, 0.1) is 5.92 Å². The number of benzene rings is 1. The van der Waals surface area contributed by atoms with E-state index in [1.807, 2.05) is 25.1 Å². The molecule has 0 saturated heterocycles. The van der Waals surface area contributed by atoms with E-state index in [0.717, 1.165) is 24.4 Å². The summed E-state index contributed by atoms with van der Waals surface area (Å²) in [5.41, 5.74) is 1.08. The zero-order valence-corrected chi connectivity index (χ0v) is 13.0. The molecule has 1 rings (SSSR count). The van der Waals surface area contributed by atoms with Crippen LogP contribution in [-0.4, -0.2) is 26.4 Å². The van der Waals surface area contributed by atoms with E-state index in [-0.39, 0.29) is 6.10 Å². The molecular formula is C15H24ClNO2. The summed E-state index contributed by atoms with van der Waals surface area (Å²) in [6.07, 6.45) is 0.0488. The highest BCUT2D eigenvalue weighted by atomic mass is 35.5. The molecule has 0 bridgehead atoms. The number of hydrogen-bond acceptors (Lipinski definition) is 3. The monoisotopic (exact) mass is 285 g/mol. The van der Waals surface area contributed by atoms with Crippen molar-refractivity contribution in [2.75, 3.05) is 20.3 Å². The van der Waals surface area contributed by atoms with Gasteiger partial charge in [-0.2, -0.15) is 0 Å². The second-order valence-corrected chi connectivity index (χ2v) is 5.52. The molecule has 1 aromatic rings. The van der Waals surface area contributed by atoms with E-state index >= 15 is 0 Å². The molecule has 0 spiro atoms. The highest BCUT2D eigenvalue weighted by Crippen LogP contribution is 2.28. The van der Waals surface area contributed by atoms with Crippen molar-refractivity contribution in [2.24, 2.45) is 5.92 Å². The summed E-state index contributed by atoms with van der Waals surface area (Å²) in [5.74, 6) is 1.38. The fourth-order valence-electron chi connectivity index (χ4n) is 1.62. The predicted molar refractivity (Wildman–Crippen MR) is 80.0 cm³/mol. The molecule has 1 aromatic carbocycles. The van der Waals surface area contributed by atoms with E-state index in [9.17, 15) is 0 Å². The maximum Gasteiger partial charge on any atom is 0.142 e. The topological polar surface area (TPSA) is 30.5 Å². The smallest absolute Gasteiger partial charge is 0.142 e. The maximum atomic E-state index is 6.20. The van der Waals surface area contributed by atoms with E-state index in [1.54, 1.807) is 7.11 Å². The average Bonchev–Trinajstić information content (AvgIpc) is 2.37. The van der Waals surface area contributed by atoms with E-state index in [4.69, 9.17) is 21.1 Å². The molecule has 0 aliphatic heterocycles. The lowest BCUT2D eigenvalue weighted by atomic mass is 10.1. The molecule has 19 heavy (non-hydrogen) atoms. The van der Waals surface area contributed by atoms with Crippen molar-refractivity contribution in [3.63, 3.8) is 0 Å². The van der Waals surface area contributed by atoms with Gasteiger partial charge in [-0.25, -0.2) is 0 Å². The zero-order valence-electron chi connectivity index (χ0n) is 12.2. The number of rotatable bonds is 8. The third kappa shape index (κ3) is 5.81. The summed E-state index contributed by atoms with van der Waals surface area (Å²) in [6, 6.07) is 5.83. The number of hydrogen-bond donors (Lipinski definition) is 1.